The molecule has 0 aromatic rings. The lowest BCUT2D eigenvalue weighted by Crippen LogP contribution is -2.45. The van der Waals surface area contributed by atoms with Crippen LogP contribution >= 0.6 is 0 Å². The molecule has 5 heteroatoms. The molecule has 1 saturated carbocycles. The van der Waals surface area contributed by atoms with E-state index < -0.39 is 5.60 Å². The average Bonchev–Trinajstić information content (AvgIpc) is 2.48. The second kappa shape index (κ2) is 8.88. The predicted molar refractivity (Wildman–Crippen MR) is 93.7 cm³/mol. The van der Waals surface area contributed by atoms with Crippen molar-refractivity contribution in [3.05, 3.63) is 0 Å². The number of carbonyl (C=O) groups excluding carboxylic acids is 1. The lowest BCUT2D eigenvalue weighted by atomic mass is 9.91. The van der Waals surface area contributed by atoms with Gasteiger partial charge in [0.05, 0.1) is 0 Å². The Balaban J connectivity index is 1.55. The first-order chi connectivity index (χ1) is 10.9. The first-order valence-corrected chi connectivity index (χ1v) is 9.37. The number of nitrogens with zero attached hydrogens (tertiary/aromatic N) is 1. The van der Waals surface area contributed by atoms with Crippen LogP contribution in [0, 0.1) is 0 Å². The maximum atomic E-state index is 11.8. The minimum atomic E-state index is -0.419. The Labute approximate surface area is 141 Å². The number of likely N-dealkylation sites (tertiary alicyclic amines) is 1. The topological polar surface area (TPSA) is 53.6 Å². The predicted octanol–water partition coefficient (Wildman–Crippen LogP) is 2.90. The number of rotatable bonds is 5. The fraction of sp³-hybridized carbons (Fsp3) is 0.944. The molecule has 2 N–H and O–H groups in total. The molecule has 1 heterocycles. The van der Waals surface area contributed by atoms with Gasteiger partial charge in [0.15, 0.2) is 0 Å². The zero-order chi connectivity index (χ0) is 16.7. The molecule has 2 aliphatic rings. The third-order valence-electron chi connectivity index (χ3n) is 4.76. The summed E-state index contributed by atoms with van der Waals surface area (Å²) in [5.74, 6) is 0. The van der Waals surface area contributed by atoms with Gasteiger partial charge in [-0.15, -0.1) is 0 Å². The van der Waals surface area contributed by atoms with E-state index in [1.807, 2.05) is 20.8 Å². The van der Waals surface area contributed by atoms with E-state index in [0.717, 1.165) is 32.2 Å². The molecule has 1 aliphatic carbocycles. The molecule has 0 unspecified atom stereocenters. The summed E-state index contributed by atoms with van der Waals surface area (Å²) >= 11 is 0. The first-order valence-electron chi connectivity index (χ1n) is 9.37. The molecule has 1 amide bonds. The highest BCUT2D eigenvalue weighted by atomic mass is 16.6. The molecule has 23 heavy (non-hydrogen) atoms. The van der Waals surface area contributed by atoms with Crippen molar-refractivity contribution in [2.75, 3.05) is 26.2 Å². The van der Waals surface area contributed by atoms with Crippen LogP contribution in [0.1, 0.15) is 65.7 Å². The maximum Gasteiger partial charge on any atom is 0.407 e. The zero-order valence-corrected chi connectivity index (χ0v) is 15.2. The van der Waals surface area contributed by atoms with E-state index in [-0.39, 0.29) is 12.1 Å². The van der Waals surface area contributed by atoms with Crippen molar-refractivity contribution in [3.8, 4) is 0 Å². The Morgan fingerprint density at radius 1 is 1.04 bits per heavy atom. The van der Waals surface area contributed by atoms with Crippen LogP contribution in [0.5, 0.6) is 0 Å². The van der Waals surface area contributed by atoms with Gasteiger partial charge < -0.3 is 20.3 Å². The molecule has 0 aromatic carbocycles. The second-order valence-electron chi connectivity index (χ2n) is 8.05. The van der Waals surface area contributed by atoms with Gasteiger partial charge in [-0.3, -0.25) is 0 Å². The van der Waals surface area contributed by atoms with E-state index in [2.05, 4.69) is 15.5 Å². The summed E-state index contributed by atoms with van der Waals surface area (Å²) in [6.07, 6.45) is 8.21. The molecular weight excluding hydrogens is 290 g/mol. The van der Waals surface area contributed by atoms with Gasteiger partial charge in [0, 0.05) is 25.2 Å². The molecule has 5 nitrogen and oxygen atoms in total. The van der Waals surface area contributed by atoms with Crippen LogP contribution in [-0.4, -0.2) is 54.9 Å². The SMILES string of the molecule is CC(C)(C)OC(=O)NC1CCC(NCCN2CCCCC2)CC1. The van der Waals surface area contributed by atoms with E-state index in [9.17, 15) is 4.79 Å². The quantitative estimate of drug-likeness (QED) is 0.816. The second-order valence-corrected chi connectivity index (χ2v) is 8.05. The van der Waals surface area contributed by atoms with Crippen molar-refractivity contribution in [1.29, 1.82) is 0 Å². The fourth-order valence-corrected chi connectivity index (χ4v) is 3.53. The van der Waals surface area contributed by atoms with Gasteiger partial charge in [0.25, 0.3) is 0 Å². The average molecular weight is 325 g/mol. The molecule has 1 saturated heterocycles. The summed E-state index contributed by atoms with van der Waals surface area (Å²) in [7, 11) is 0. The molecular formula is C18H35N3O2. The highest BCUT2D eigenvalue weighted by molar-refractivity contribution is 5.68. The summed E-state index contributed by atoms with van der Waals surface area (Å²) in [6, 6.07) is 0.876. The van der Waals surface area contributed by atoms with Gasteiger partial charge in [0.2, 0.25) is 0 Å². The smallest absolute Gasteiger partial charge is 0.407 e. The first kappa shape index (κ1) is 18.5. The number of carbonyl (C=O) groups is 1. The standard InChI is InChI=1S/C18H35N3O2/c1-18(2,3)23-17(22)20-16-9-7-15(8-10-16)19-11-14-21-12-5-4-6-13-21/h15-16,19H,4-14H2,1-3H3,(H,20,22). The normalized spacial score (nSPS) is 26.7. The van der Waals surface area contributed by atoms with Crippen LogP contribution in [0.2, 0.25) is 0 Å². The van der Waals surface area contributed by atoms with Gasteiger partial charge in [-0.1, -0.05) is 6.42 Å². The van der Waals surface area contributed by atoms with E-state index in [0.29, 0.717) is 6.04 Å². The summed E-state index contributed by atoms with van der Waals surface area (Å²) in [5, 5.41) is 6.70. The third kappa shape index (κ3) is 7.53. The molecule has 0 radical (unpaired) electrons. The van der Waals surface area contributed by atoms with Crippen LogP contribution in [0.25, 0.3) is 0 Å². The molecule has 0 atom stereocenters. The van der Waals surface area contributed by atoms with Crippen LogP contribution in [0.3, 0.4) is 0 Å². The number of piperidine rings is 1. The summed E-state index contributed by atoms with van der Waals surface area (Å²) in [5.41, 5.74) is -0.419. The molecule has 0 spiro atoms. The monoisotopic (exact) mass is 325 g/mol. The number of hydrogen-bond donors (Lipinski definition) is 2. The lowest BCUT2D eigenvalue weighted by molar-refractivity contribution is 0.0489. The van der Waals surface area contributed by atoms with Crippen LogP contribution < -0.4 is 10.6 Å². The number of ether oxygens (including phenoxy) is 1. The highest BCUT2D eigenvalue weighted by Crippen LogP contribution is 2.19. The Morgan fingerprint density at radius 3 is 2.26 bits per heavy atom. The largest absolute Gasteiger partial charge is 0.444 e. The highest BCUT2D eigenvalue weighted by Gasteiger charge is 2.24. The van der Waals surface area contributed by atoms with Gasteiger partial charge >= 0.3 is 6.09 Å². The van der Waals surface area contributed by atoms with Gasteiger partial charge in [-0.25, -0.2) is 4.79 Å². The fourth-order valence-electron chi connectivity index (χ4n) is 3.53. The molecule has 0 aromatic heterocycles. The van der Waals surface area contributed by atoms with E-state index >= 15 is 0 Å². The molecule has 0 bridgehead atoms. The number of amides is 1. The maximum absolute atomic E-state index is 11.8. The third-order valence-corrected chi connectivity index (χ3v) is 4.76. The van der Waals surface area contributed by atoms with Gasteiger partial charge in [-0.05, 0) is 72.4 Å². The van der Waals surface area contributed by atoms with Gasteiger partial charge in [0.1, 0.15) is 5.60 Å². The minimum absolute atomic E-state index is 0.269. The number of nitrogens with one attached hydrogen (secondary N) is 2. The summed E-state index contributed by atoms with van der Waals surface area (Å²) in [4.78, 5) is 14.4. The Morgan fingerprint density at radius 2 is 1.65 bits per heavy atom. The molecule has 134 valence electrons. The lowest BCUT2D eigenvalue weighted by Gasteiger charge is -2.32. The summed E-state index contributed by atoms with van der Waals surface area (Å²) < 4.78 is 5.33. The van der Waals surface area contributed by atoms with E-state index in [1.165, 1.54) is 38.9 Å². The van der Waals surface area contributed by atoms with Crippen LogP contribution in [-0.2, 0) is 4.74 Å². The zero-order valence-electron chi connectivity index (χ0n) is 15.2. The van der Waals surface area contributed by atoms with Crippen molar-refractivity contribution in [2.45, 2.75) is 83.4 Å². The molecule has 2 fully saturated rings. The van der Waals surface area contributed by atoms with Crippen molar-refractivity contribution >= 4 is 6.09 Å². The number of hydrogen-bond acceptors (Lipinski definition) is 4. The van der Waals surface area contributed by atoms with Crippen LogP contribution in [0.4, 0.5) is 4.79 Å². The Bertz CT molecular complexity index is 354. The number of alkyl carbamates (subject to hydrolysis) is 1. The minimum Gasteiger partial charge on any atom is -0.444 e. The molecule has 2 rings (SSSR count). The van der Waals surface area contributed by atoms with Gasteiger partial charge in [-0.2, -0.15) is 0 Å². The van der Waals surface area contributed by atoms with E-state index in [4.69, 9.17) is 4.74 Å². The van der Waals surface area contributed by atoms with Crippen molar-refractivity contribution in [3.63, 3.8) is 0 Å². The van der Waals surface area contributed by atoms with Crippen molar-refractivity contribution in [2.24, 2.45) is 0 Å². The van der Waals surface area contributed by atoms with E-state index in [1.54, 1.807) is 0 Å². The van der Waals surface area contributed by atoms with Crippen molar-refractivity contribution < 1.29 is 9.53 Å². The Hall–Kier alpha value is -0.810. The molecule has 1 aliphatic heterocycles. The van der Waals surface area contributed by atoms with Crippen LogP contribution in [0.15, 0.2) is 0 Å². The Kier molecular flexibility index (Phi) is 7.15. The summed E-state index contributed by atoms with van der Waals surface area (Å²) in [6.45, 7) is 10.5. The van der Waals surface area contributed by atoms with Crippen molar-refractivity contribution in [1.82, 2.24) is 15.5 Å².